The molecule has 1 rings (SSSR count). The fourth-order valence-electron chi connectivity index (χ4n) is 1.39. The van der Waals surface area contributed by atoms with E-state index in [-0.39, 0.29) is 13.2 Å². The van der Waals surface area contributed by atoms with Crippen molar-refractivity contribution in [3.8, 4) is 5.75 Å². The first-order valence-corrected chi connectivity index (χ1v) is 5.96. The molecule has 0 aliphatic carbocycles. The Labute approximate surface area is 107 Å². The van der Waals surface area contributed by atoms with Crippen molar-refractivity contribution in [3.63, 3.8) is 0 Å². The third-order valence-corrected chi connectivity index (χ3v) is 2.41. The molecule has 1 atom stereocenters. The molecule has 0 amide bonds. The lowest BCUT2D eigenvalue weighted by Crippen LogP contribution is -2.33. The molecule has 3 N–H and O–H groups in total. The van der Waals surface area contributed by atoms with E-state index in [4.69, 9.17) is 14.6 Å². The van der Waals surface area contributed by atoms with Gasteiger partial charge in [-0.15, -0.1) is 0 Å². The normalized spacial score (nSPS) is 12.4. The number of benzene rings is 1. The predicted molar refractivity (Wildman–Crippen MR) is 68.6 cm³/mol. The Morgan fingerprint density at radius 2 is 2.00 bits per heavy atom. The average molecular weight is 255 g/mol. The SMILES string of the molecule is COCCNCC(O)COc1ccc(CO)cc1. The number of ether oxygens (including phenoxy) is 2. The topological polar surface area (TPSA) is 71.0 Å². The summed E-state index contributed by atoms with van der Waals surface area (Å²) >= 11 is 0. The predicted octanol–water partition coefficient (Wildman–Crippen LogP) is 0.155. The van der Waals surface area contributed by atoms with Crippen LogP contribution in [0.1, 0.15) is 5.56 Å². The number of methoxy groups -OCH3 is 1. The summed E-state index contributed by atoms with van der Waals surface area (Å²) in [6.07, 6.45) is -0.556. The molecule has 0 heterocycles. The number of hydrogen-bond acceptors (Lipinski definition) is 5. The van der Waals surface area contributed by atoms with Crippen LogP contribution in [-0.2, 0) is 11.3 Å². The van der Waals surface area contributed by atoms with Crippen LogP contribution in [0.25, 0.3) is 0 Å². The fraction of sp³-hybridized carbons (Fsp3) is 0.538. The van der Waals surface area contributed by atoms with Gasteiger partial charge in [0.2, 0.25) is 0 Å². The molecular formula is C13H21NO4. The van der Waals surface area contributed by atoms with Crippen LogP contribution in [0.3, 0.4) is 0 Å². The summed E-state index contributed by atoms with van der Waals surface area (Å²) in [7, 11) is 1.64. The summed E-state index contributed by atoms with van der Waals surface area (Å²) in [5, 5.41) is 21.6. The maximum absolute atomic E-state index is 9.64. The molecule has 18 heavy (non-hydrogen) atoms. The third-order valence-electron chi connectivity index (χ3n) is 2.41. The van der Waals surface area contributed by atoms with Crippen molar-refractivity contribution < 1.29 is 19.7 Å². The monoisotopic (exact) mass is 255 g/mol. The highest BCUT2D eigenvalue weighted by atomic mass is 16.5. The molecule has 0 aliphatic heterocycles. The Morgan fingerprint density at radius 3 is 2.61 bits per heavy atom. The summed E-state index contributed by atoms with van der Waals surface area (Å²) in [5.74, 6) is 0.683. The molecule has 1 unspecified atom stereocenters. The highest BCUT2D eigenvalue weighted by molar-refractivity contribution is 5.26. The van der Waals surface area contributed by atoms with Gasteiger partial charge in [0.1, 0.15) is 18.5 Å². The number of aliphatic hydroxyl groups is 2. The summed E-state index contributed by atoms with van der Waals surface area (Å²) in [6.45, 7) is 2.05. The van der Waals surface area contributed by atoms with Crippen LogP contribution in [0.15, 0.2) is 24.3 Å². The highest BCUT2D eigenvalue weighted by Gasteiger charge is 2.04. The molecule has 102 valence electrons. The van der Waals surface area contributed by atoms with Crippen molar-refractivity contribution in [3.05, 3.63) is 29.8 Å². The van der Waals surface area contributed by atoms with Crippen LogP contribution in [0.4, 0.5) is 0 Å². The van der Waals surface area contributed by atoms with Crippen LogP contribution >= 0.6 is 0 Å². The van der Waals surface area contributed by atoms with Gasteiger partial charge in [0.05, 0.1) is 13.2 Å². The standard InChI is InChI=1S/C13H21NO4/c1-17-7-6-14-8-12(16)10-18-13-4-2-11(9-15)3-5-13/h2-5,12,14-16H,6-10H2,1H3. The lowest BCUT2D eigenvalue weighted by Gasteiger charge is -2.13. The summed E-state index contributed by atoms with van der Waals surface area (Å²) in [6, 6.07) is 7.13. The molecule has 0 bridgehead atoms. The van der Waals surface area contributed by atoms with E-state index in [1.165, 1.54) is 0 Å². The lowest BCUT2D eigenvalue weighted by atomic mass is 10.2. The van der Waals surface area contributed by atoms with E-state index in [9.17, 15) is 5.11 Å². The molecule has 1 aromatic carbocycles. The van der Waals surface area contributed by atoms with Crippen LogP contribution < -0.4 is 10.1 Å². The minimum atomic E-state index is -0.556. The zero-order chi connectivity index (χ0) is 13.2. The number of hydrogen-bond donors (Lipinski definition) is 3. The molecule has 5 nitrogen and oxygen atoms in total. The maximum Gasteiger partial charge on any atom is 0.119 e. The van der Waals surface area contributed by atoms with E-state index in [2.05, 4.69) is 5.32 Å². The van der Waals surface area contributed by atoms with Gasteiger partial charge in [-0.3, -0.25) is 0 Å². The minimum Gasteiger partial charge on any atom is -0.491 e. The zero-order valence-corrected chi connectivity index (χ0v) is 10.6. The summed E-state index contributed by atoms with van der Waals surface area (Å²) in [4.78, 5) is 0. The second-order valence-corrected chi connectivity index (χ2v) is 3.96. The van der Waals surface area contributed by atoms with Gasteiger partial charge in [-0.25, -0.2) is 0 Å². The molecule has 0 aromatic heterocycles. The van der Waals surface area contributed by atoms with Gasteiger partial charge in [-0.1, -0.05) is 12.1 Å². The van der Waals surface area contributed by atoms with Crippen LogP contribution in [-0.4, -0.2) is 49.7 Å². The second-order valence-electron chi connectivity index (χ2n) is 3.96. The molecule has 0 fully saturated rings. The van der Waals surface area contributed by atoms with Gasteiger partial charge in [-0.2, -0.15) is 0 Å². The first-order valence-electron chi connectivity index (χ1n) is 5.96. The first-order chi connectivity index (χ1) is 8.76. The van der Waals surface area contributed by atoms with E-state index in [1.807, 2.05) is 0 Å². The van der Waals surface area contributed by atoms with Gasteiger partial charge < -0.3 is 25.0 Å². The van der Waals surface area contributed by atoms with Crippen molar-refractivity contribution >= 4 is 0 Å². The number of nitrogens with one attached hydrogen (secondary N) is 1. The number of rotatable bonds is 9. The summed E-state index contributed by atoms with van der Waals surface area (Å²) < 4.78 is 10.3. The molecular weight excluding hydrogens is 234 g/mol. The Bertz CT molecular complexity index is 315. The highest BCUT2D eigenvalue weighted by Crippen LogP contribution is 2.12. The van der Waals surface area contributed by atoms with Crippen molar-refractivity contribution in [2.75, 3.05) is 33.4 Å². The Kier molecular flexibility index (Phi) is 7.36. The minimum absolute atomic E-state index is 0.0202. The van der Waals surface area contributed by atoms with E-state index in [0.29, 0.717) is 25.4 Å². The van der Waals surface area contributed by atoms with Crippen molar-refractivity contribution in [2.45, 2.75) is 12.7 Å². The second kappa shape index (κ2) is 8.88. The third kappa shape index (κ3) is 5.97. The average Bonchev–Trinajstić information content (AvgIpc) is 2.42. The fourth-order valence-corrected chi connectivity index (χ4v) is 1.39. The molecule has 0 aliphatic rings. The molecule has 0 spiro atoms. The first kappa shape index (κ1) is 14.9. The van der Waals surface area contributed by atoms with Crippen LogP contribution in [0.5, 0.6) is 5.75 Å². The molecule has 1 aromatic rings. The number of aliphatic hydroxyl groups excluding tert-OH is 2. The van der Waals surface area contributed by atoms with Gasteiger partial charge in [0.25, 0.3) is 0 Å². The Morgan fingerprint density at radius 1 is 1.28 bits per heavy atom. The summed E-state index contributed by atoms with van der Waals surface area (Å²) in [5.41, 5.74) is 0.837. The smallest absolute Gasteiger partial charge is 0.119 e. The van der Waals surface area contributed by atoms with E-state index in [1.54, 1.807) is 31.4 Å². The van der Waals surface area contributed by atoms with Gasteiger partial charge in [0.15, 0.2) is 0 Å². The van der Waals surface area contributed by atoms with Gasteiger partial charge in [-0.05, 0) is 17.7 Å². The Balaban J connectivity index is 2.18. The Hall–Kier alpha value is -1.14. The molecule has 5 heteroatoms. The maximum atomic E-state index is 9.64. The van der Waals surface area contributed by atoms with E-state index in [0.717, 1.165) is 5.56 Å². The van der Waals surface area contributed by atoms with Crippen molar-refractivity contribution in [1.82, 2.24) is 5.32 Å². The quantitative estimate of drug-likeness (QED) is 0.548. The zero-order valence-electron chi connectivity index (χ0n) is 10.6. The van der Waals surface area contributed by atoms with Crippen LogP contribution in [0, 0.1) is 0 Å². The van der Waals surface area contributed by atoms with Gasteiger partial charge in [0, 0.05) is 20.2 Å². The van der Waals surface area contributed by atoms with Crippen molar-refractivity contribution in [1.29, 1.82) is 0 Å². The van der Waals surface area contributed by atoms with E-state index >= 15 is 0 Å². The lowest BCUT2D eigenvalue weighted by molar-refractivity contribution is 0.103. The van der Waals surface area contributed by atoms with Crippen LogP contribution in [0.2, 0.25) is 0 Å². The molecule has 0 saturated heterocycles. The van der Waals surface area contributed by atoms with E-state index < -0.39 is 6.10 Å². The molecule has 0 radical (unpaired) electrons. The largest absolute Gasteiger partial charge is 0.491 e. The van der Waals surface area contributed by atoms with Crippen molar-refractivity contribution in [2.24, 2.45) is 0 Å². The molecule has 0 saturated carbocycles. The van der Waals surface area contributed by atoms with Gasteiger partial charge >= 0.3 is 0 Å².